The van der Waals surface area contributed by atoms with Crippen LogP contribution in [0.25, 0.3) is 0 Å². The first-order valence-corrected chi connectivity index (χ1v) is 7.33. The van der Waals surface area contributed by atoms with Crippen LogP contribution in [0.2, 0.25) is 0 Å². The van der Waals surface area contributed by atoms with Gasteiger partial charge in [-0.3, -0.25) is 4.79 Å². The van der Waals surface area contributed by atoms with Gasteiger partial charge in [0.25, 0.3) is 0 Å². The molecule has 1 unspecified atom stereocenters. The van der Waals surface area contributed by atoms with Crippen molar-refractivity contribution in [1.29, 1.82) is 0 Å². The van der Waals surface area contributed by atoms with E-state index < -0.39 is 5.54 Å². The molecule has 4 nitrogen and oxygen atoms in total. The van der Waals surface area contributed by atoms with E-state index in [-0.39, 0.29) is 5.97 Å². The highest BCUT2D eigenvalue weighted by molar-refractivity contribution is 5.80. The van der Waals surface area contributed by atoms with Crippen molar-refractivity contribution >= 4 is 5.97 Å². The van der Waals surface area contributed by atoms with Crippen LogP contribution in [0.1, 0.15) is 41.5 Å². The summed E-state index contributed by atoms with van der Waals surface area (Å²) < 4.78 is 5.18. The second kappa shape index (κ2) is 8.54. The normalized spacial score (nSPS) is 15.1. The van der Waals surface area contributed by atoms with Crippen LogP contribution in [0.15, 0.2) is 0 Å². The number of likely N-dealkylation sites (N-methyl/N-ethyl adjacent to an activating group) is 1. The molecule has 0 bridgehead atoms. The molecule has 114 valence electrons. The van der Waals surface area contributed by atoms with Gasteiger partial charge in [0.1, 0.15) is 5.54 Å². The van der Waals surface area contributed by atoms with Crippen LogP contribution in [-0.4, -0.2) is 49.7 Å². The van der Waals surface area contributed by atoms with E-state index in [9.17, 15) is 4.79 Å². The first-order valence-electron chi connectivity index (χ1n) is 7.33. The fourth-order valence-corrected chi connectivity index (χ4v) is 2.22. The van der Waals surface area contributed by atoms with Crippen molar-refractivity contribution in [3.8, 4) is 0 Å². The minimum Gasteiger partial charge on any atom is -0.465 e. The predicted octanol–water partition coefficient (Wildman–Crippen LogP) is 2.14. The maximum atomic E-state index is 12.1. The largest absolute Gasteiger partial charge is 0.465 e. The molecule has 0 fully saturated rings. The number of hydrogen-bond acceptors (Lipinski definition) is 4. The van der Waals surface area contributed by atoms with Crippen molar-refractivity contribution in [2.45, 2.75) is 47.1 Å². The predicted molar refractivity (Wildman–Crippen MR) is 80.2 cm³/mol. The second-order valence-corrected chi connectivity index (χ2v) is 6.28. The second-order valence-electron chi connectivity index (χ2n) is 6.28. The van der Waals surface area contributed by atoms with E-state index in [4.69, 9.17) is 4.74 Å². The van der Waals surface area contributed by atoms with E-state index in [1.54, 1.807) is 0 Å². The Hall–Kier alpha value is -0.610. The number of nitrogens with zero attached hydrogens (tertiary/aromatic N) is 1. The summed E-state index contributed by atoms with van der Waals surface area (Å²) in [4.78, 5) is 14.4. The Bertz CT molecular complexity index is 257. The van der Waals surface area contributed by atoms with Gasteiger partial charge < -0.3 is 15.0 Å². The maximum absolute atomic E-state index is 12.1. The van der Waals surface area contributed by atoms with Gasteiger partial charge >= 0.3 is 5.97 Å². The lowest BCUT2D eigenvalue weighted by Crippen LogP contribution is -2.57. The standard InChI is InChI=1S/C15H32N2O2/c1-8-19-14(18)15(6,16-7)11-17(9-12(2)3)10-13(4)5/h12-13,16H,8-11H2,1-7H3. The molecule has 0 aromatic carbocycles. The van der Waals surface area contributed by atoms with Crippen molar-refractivity contribution in [1.82, 2.24) is 10.2 Å². The molecule has 0 saturated heterocycles. The lowest BCUT2D eigenvalue weighted by Gasteiger charge is -2.35. The zero-order chi connectivity index (χ0) is 15.1. The van der Waals surface area contributed by atoms with Crippen LogP contribution in [0.5, 0.6) is 0 Å². The summed E-state index contributed by atoms with van der Waals surface area (Å²) in [5.74, 6) is 0.999. The number of nitrogens with one attached hydrogen (secondary N) is 1. The SMILES string of the molecule is CCOC(=O)C(C)(CN(CC(C)C)CC(C)C)NC. The van der Waals surface area contributed by atoms with Gasteiger partial charge in [0.2, 0.25) is 0 Å². The number of carbonyl (C=O) groups is 1. The van der Waals surface area contributed by atoms with Gasteiger partial charge in [0.15, 0.2) is 0 Å². The third-order valence-electron chi connectivity index (χ3n) is 3.06. The molecule has 0 rings (SSSR count). The number of rotatable bonds is 9. The van der Waals surface area contributed by atoms with Gasteiger partial charge in [-0.2, -0.15) is 0 Å². The molecule has 0 aliphatic carbocycles. The highest BCUT2D eigenvalue weighted by Crippen LogP contribution is 2.13. The van der Waals surface area contributed by atoms with Gasteiger partial charge in [0, 0.05) is 19.6 Å². The summed E-state index contributed by atoms with van der Waals surface area (Å²) in [7, 11) is 1.82. The van der Waals surface area contributed by atoms with Crippen molar-refractivity contribution in [2.75, 3.05) is 33.3 Å². The van der Waals surface area contributed by atoms with Crippen LogP contribution >= 0.6 is 0 Å². The highest BCUT2D eigenvalue weighted by Gasteiger charge is 2.35. The third-order valence-corrected chi connectivity index (χ3v) is 3.06. The van der Waals surface area contributed by atoms with Crippen molar-refractivity contribution in [3.63, 3.8) is 0 Å². The van der Waals surface area contributed by atoms with E-state index in [1.807, 2.05) is 20.9 Å². The molecule has 0 saturated carbocycles. The molecular weight excluding hydrogens is 240 g/mol. The topological polar surface area (TPSA) is 41.6 Å². The smallest absolute Gasteiger partial charge is 0.327 e. The van der Waals surface area contributed by atoms with Crippen LogP contribution in [0.4, 0.5) is 0 Å². The quantitative estimate of drug-likeness (QED) is 0.653. The molecule has 1 atom stereocenters. The molecule has 0 aliphatic heterocycles. The lowest BCUT2D eigenvalue weighted by molar-refractivity contribution is -0.151. The zero-order valence-electron chi connectivity index (χ0n) is 13.7. The van der Waals surface area contributed by atoms with Crippen LogP contribution in [-0.2, 0) is 9.53 Å². The Morgan fingerprint density at radius 1 is 1.21 bits per heavy atom. The minimum atomic E-state index is -0.639. The first kappa shape index (κ1) is 18.4. The van der Waals surface area contributed by atoms with Gasteiger partial charge in [-0.1, -0.05) is 27.7 Å². The summed E-state index contributed by atoms with van der Waals surface area (Å²) in [6, 6.07) is 0. The van der Waals surface area contributed by atoms with E-state index >= 15 is 0 Å². The molecule has 4 heteroatoms. The maximum Gasteiger partial charge on any atom is 0.327 e. The average Bonchev–Trinajstić information content (AvgIpc) is 2.27. The fraction of sp³-hybridized carbons (Fsp3) is 0.933. The van der Waals surface area contributed by atoms with Crippen molar-refractivity contribution < 1.29 is 9.53 Å². The highest BCUT2D eigenvalue weighted by atomic mass is 16.5. The molecule has 19 heavy (non-hydrogen) atoms. The van der Waals surface area contributed by atoms with E-state index in [0.717, 1.165) is 13.1 Å². The number of esters is 1. The Labute approximate surface area is 118 Å². The number of carbonyl (C=O) groups excluding carboxylic acids is 1. The minimum absolute atomic E-state index is 0.171. The van der Waals surface area contributed by atoms with E-state index in [1.165, 1.54) is 0 Å². The Kier molecular flexibility index (Phi) is 8.26. The lowest BCUT2D eigenvalue weighted by atomic mass is 10.0. The van der Waals surface area contributed by atoms with E-state index in [2.05, 4.69) is 37.9 Å². The Morgan fingerprint density at radius 2 is 1.68 bits per heavy atom. The molecule has 0 aromatic heterocycles. The van der Waals surface area contributed by atoms with Crippen LogP contribution in [0, 0.1) is 11.8 Å². The Morgan fingerprint density at radius 3 is 2.00 bits per heavy atom. The number of ether oxygens (including phenoxy) is 1. The van der Waals surface area contributed by atoms with Crippen LogP contribution in [0.3, 0.4) is 0 Å². The molecule has 0 heterocycles. The monoisotopic (exact) mass is 272 g/mol. The molecule has 0 aliphatic rings. The molecule has 0 aromatic rings. The molecular formula is C15H32N2O2. The summed E-state index contributed by atoms with van der Waals surface area (Å²) in [6.45, 7) is 15.7. The van der Waals surface area contributed by atoms with Gasteiger partial charge in [-0.15, -0.1) is 0 Å². The van der Waals surface area contributed by atoms with Crippen molar-refractivity contribution in [3.05, 3.63) is 0 Å². The first-order chi connectivity index (χ1) is 8.75. The zero-order valence-corrected chi connectivity index (χ0v) is 13.7. The molecule has 0 spiro atoms. The van der Waals surface area contributed by atoms with E-state index in [0.29, 0.717) is 25.0 Å². The summed E-state index contributed by atoms with van der Waals surface area (Å²) in [5, 5.41) is 3.12. The average molecular weight is 272 g/mol. The summed E-state index contributed by atoms with van der Waals surface area (Å²) in [6.07, 6.45) is 0. The van der Waals surface area contributed by atoms with Gasteiger partial charge in [-0.25, -0.2) is 0 Å². The molecule has 0 radical (unpaired) electrons. The van der Waals surface area contributed by atoms with Gasteiger partial charge in [-0.05, 0) is 32.7 Å². The Balaban J connectivity index is 4.78. The molecule has 0 amide bonds. The summed E-state index contributed by atoms with van der Waals surface area (Å²) in [5.41, 5.74) is -0.639. The van der Waals surface area contributed by atoms with Crippen LogP contribution < -0.4 is 5.32 Å². The fourth-order valence-electron chi connectivity index (χ4n) is 2.22. The van der Waals surface area contributed by atoms with Gasteiger partial charge in [0.05, 0.1) is 6.61 Å². The molecule has 1 N–H and O–H groups in total. The van der Waals surface area contributed by atoms with Crippen molar-refractivity contribution in [2.24, 2.45) is 11.8 Å². The number of hydrogen-bond donors (Lipinski definition) is 1. The summed E-state index contributed by atoms with van der Waals surface area (Å²) >= 11 is 0. The third kappa shape index (κ3) is 6.92.